The first-order chi connectivity index (χ1) is 7.72. The second kappa shape index (κ2) is 4.53. The number of hydrogen-bond acceptors (Lipinski definition) is 4. The Balaban J connectivity index is 2.29. The van der Waals surface area contributed by atoms with E-state index in [2.05, 4.69) is 22.2 Å². The van der Waals surface area contributed by atoms with Crippen LogP contribution in [0.3, 0.4) is 0 Å². The van der Waals surface area contributed by atoms with Crippen molar-refractivity contribution in [3.05, 3.63) is 29.6 Å². The number of hydrogen-bond donors (Lipinski definition) is 0. The third-order valence-electron chi connectivity index (χ3n) is 2.47. The zero-order chi connectivity index (χ0) is 11.5. The van der Waals surface area contributed by atoms with E-state index in [-0.39, 0.29) is 12.5 Å². The van der Waals surface area contributed by atoms with Crippen LogP contribution in [0.25, 0.3) is 10.1 Å². The van der Waals surface area contributed by atoms with Crippen LogP contribution in [0.15, 0.2) is 29.6 Å². The zero-order valence-corrected chi connectivity index (χ0v) is 10.1. The Labute approximate surface area is 98.2 Å². The summed E-state index contributed by atoms with van der Waals surface area (Å²) >= 11 is 1.68. The van der Waals surface area contributed by atoms with E-state index in [1.807, 2.05) is 24.1 Å². The van der Waals surface area contributed by atoms with E-state index in [1.54, 1.807) is 11.3 Å². The summed E-state index contributed by atoms with van der Waals surface area (Å²) in [5, 5.41) is 3.24. The van der Waals surface area contributed by atoms with Crippen molar-refractivity contribution in [3.63, 3.8) is 0 Å². The van der Waals surface area contributed by atoms with Gasteiger partial charge in [0.1, 0.15) is 6.54 Å². The van der Waals surface area contributed by atoms with Crippen molar-refractivity contribution in [1.29, 1.82) is 0 Å². The Bertz CT molecular complexity index is 506. The van der Waals surface area contributed by atoms with E-state index >= 15 is 0 Å². The van der Waals surface area contributed by atoms with Gasteiger partial charge in [-0.3, -0.25) is 4.79 Å². The van der Waals surface area contributed by atoms with Gasteiger partial charge in [-0.1, -0.05) is 18.2 Å². The highest BCUT2D eigenvalue weighted by atomic mass is 32.1. The molecule has 1 aromatic heterocycles. The topological polar surface area (TPSA) is 29.5 Å². The average Bonchev–Trinajstić information content (AvgIpc) is 2.72. The molecule has 0 saturated heterocycles. The van der Waals surface area contributed by atoms with Gasteiger partial charge in [0, 0.05) is 22.5 Å². The van der Waals surface area contributed by atoms with Gasteiger partial charge in [0.05, 0.1) is 12.8 Å². The first-order valence-electron chi connectivity index (χ1n) is 4.96. The van der Waals surface area contributed by atoms with Gasteiger partial charge in [0.15, 0.2) is 0 Å². The van der Waals surface area contributed by atoms with E-state index < -0.39 is 0 Å². The largest absolute Gasteiger partial charge is 0.468 e. The predicted molar refractivity (Wildman–Crippen MR) is 67.1 cm³/mol. The maximum absolute atomic E-state index is 11.2. The molecule has 0 aliphatic carbocycles. The zero-order valence-electron chi connectivity index (χ0n) is 9.27. The van der Waals surface area contributed by atoms with E-state index in [0.717, 1.165) is 5.69 Å². The van der Waals surface area contributed by atoms with Crippen LogP contribution in [0, 0.1) is 0 Å². The van der Waals surface area contributed by atoms with Gasteiger partial charge in [-0.25, -0.2) is 0 Å². The summed E-state index contributed by atoms with van der Waals surface area (Å²) in [6, 6.07) is 8.16. The minimum atomic E-state index is -0.224. The molecule has 1 heterocycles. The molecule has 84 valence electrons. The number of ether oxygens (including phenoxy) is 1. The maximum Gasteiger partial charge on any atom is 0.325 e. The van der Waals surface area contributed by atoms with Crippen molar-refractivity contribution in [2.75, 3.05) is 25.6 Å². The third kappa shape index (κ3) is 2.02. The lowest BCUT2D eigenvalue weighted by atomic mass is 10.2. The molecule has 0 saturated carbocycles. The van der Waals surface area contributed by atoms with Gasteiger partial charge < -0.3 is 9.64 Å². The fraction of sp³-hybridized carbons (Fsp3) is 0.250. The van der Waals surface area contributed by atoms with Crippen LogP contribution in [0.4, 0.5) is 5.69 Å². The first kappa shape index (κ1) is 11.0. The number of carbonyl (C=O) groups is 1. The SMILES string of the molecule is COC(=O)CN(C)c1csc2ccccc12. The summed E-state index contributed by atoms with van der Waals surface area (Å²) in [5.41, 5.74) is 1.08. The highest BCUT2D eigenvalue weighted by molar-refractivity contribution is 7.17. The average molecular weight is 235 g/mol. The molecule has 2 aromatic rings. The Morgan fingerprint density at radius 1 is 1.44 bits per heavy atom. The summed E-state index contributed by atoms with van der Waals surface area (Å²) in [6.07, 6.45) is 0. The van der Waals surface area contributed by atoms with Crippen molar-refractivity contribution < 1.29 is 9.53 Å². The molecule has 1 aromatic carbocycles. The lowest BCUT2D eigenvalue weighted by molar-refractivity contribution is -0.138. The number of anilines is 1. The van der Waals surface area contributed by atoms with Gasteiger partial charge in [0.25, 0.3) is 0 Å². The Morgan fingerprint density at radius 2 is 2.19 bits per heavy atom. The number of likely N-dealkylation sites (N-methyl/N-ethyl adjacent to an activating group) is 1. The van der Waals surface area contributed by atoms with Crippen LogP contribution >= 0.6 is 11.3 Å². The van der Waals surface area contributed by atoms with Gasteiger partial charge >= 0.3 is 5.97 Å². The molecule has 3 nitrogen and oxygen atoms in total. The normalized spacial score (nSPS) is 10.4. The molecule has 0 atom stereocenters. The third-order valence-corrected chi connectivity index (χ3v) is 3.42. The van der Waals surface area contributed by atoms with Gasteiger partial charge in [-0.15, -0.1) is 11.3 Å². The number of benzene rings is 1. The summed E-state index contributed by atoms with van der Waals surface area (Å²) < 4.78 is 5.88. The quantitative estimate of drug-likeness (QED) is 0.766. The standard InChI is InChI=1S/C12H13NO2S/c1-13(7-12(14)15-2)10-8-16-11-6-4-3-5-9(10)11/h3-6,8H,7H2,1-2H3. The number of fused-ring (bicyclic) bond motifs is 1. The number of rotatable bonds is 3. The van der Waals surface area contributed by atoms with Crippen molar-refractivity contribution in [3.8, 4) is 0 Å². The molecule has 0 unspecified atom stereocenters. The van der Waals surface area contributed by atoms with Crippen molar-refractivity contribution in [1.82, 2.24) is 0 Å². The molecular weight excluding hydrogens is 222 g/mol. The number of methoxy groups -OCH3 is 1. The Hall–Kier alpha value is -1.55. The molecule has 0 fully saturated rings. The molecule has 0 N–H and O–H groups in total. The van der Waals surface area contributed by atoms with E-state index in [1.165, 1.54) is 17.2 Å². The highest BCUT2D eigenvalue weighted by Crippen LogP contribution is 2.31. The smallest absolute Gasteiger partial charge is 0.325 e. The number of carbonyl (C=O) groups excluding carboxylic acids is 1. The highest BCUT2D eigenvalue weighted by Gasteiger charge is 2.11. The lowest BCUT2D eigenvalue weighted by Crippen LogP contribution is -2.26. The van der Waals surface area contributed by atoms with Crippen LogP contribution in [0.5, 0.6) is 0 Å². The van der Waals surface area contributed by atoms with Crippen LogP contribution in [0.2, 0.25) is 0 Å². The summed E-state index contributed by atoms with van der Waals surface area (Å²) in [6.45, 7) is 0.275. The monoisotopic (exact) mass is 235 g/mol. The van der Waals surface area contributed by atoms with Crippen LogP contribution < -0.4 is 4.90 Å². The number of esters is 1. The molecule has 0 aliphatic heterocycles. The van der Waals surface area contributed by atoms with Crippen LogP contribution in [-0.2, 0) is 9.53 Å². The maximum atomic E-state index is 11.2. The van der Waals surface area contributed by atoms with E-state index in [0.29, 0.717) is 0 Å². The number of nitrogens with zero attached hydrogens (tertiary/aromatic N) is 1. The lowest BCUT2D eigenvalue weighted by Gasteiger charge is -2.16. The van der Waals surface area contributed by atoms with Crippen LogP contribution in [0.1, 0.15) is 0 Å². The Kier molecular flexibility index (Phi) is 3.10. The predicted octanol–water partition coefficient (Wildman–Crippen LogP) is 2.51. The number of thiophene rings is 1. The van der Waals surface area contributed by atoms with Gasteiger partial charge in [-0.05, 0) is 6.07 Å². The fourth-order valence-electron chi connectivity index (χ4n) is 1.60. The molecular formula is C12H13NO2S. The molecule has 0 spiro atoms. The minimum Gasteiger partial charge on any atom is -0.468 e. The van der Waals surface area contributed by atoms with Crippen molar-refractivity contribution in [2.24, 2.45) is 0 Å². The van der Waals surface area contributed by atoms with Gasteiger partial charge in [0.2, 0.25) is 0 Å². The fourth-order valence-corrected chi connectivity index (χ4v) is 2.60. The van der Waals surface area contributed by atoms with E-state index in [4.69, 9.17) is 0 Å². The summed E-state index contributed by atoms with van der Waals surface area (Å²) in [4.78, 5) is 13.1. The molecule has 0 bridgehead atoms. The first-order valence-corrected chi connectivity index (χ1v) is 5.84. The summed E-state index contributed by atoms with van der Waals surface area (Å²) in [7, 11) is 3.30. The van der Waals surface area contributed by atoms with Crippen molar-refractivity contribution >= 4 is 33.1 Å². The molecule has 0 amide bonds. The van der Waals surface area contributed by atoms with E-state index in [9.17, 15) is 4.79 Å². The molecule has 0 aliphatic rings. The Morgan fingerprint density at radius 3 is 2.94 bits per heavy atom. The second-order valence-corrected chi connectivity index (χ2v) is 4.46. The van der Waals surface area contributed by atoms with Crippen LogP contribution in [-0.4, -0.2) is 26.7 Å². The molecule has 4 heteroatoms. The molecule has 16 heavy (non-hydrogen) atoms. The van der Waals surface area contributed by atoms with Gasteiger partial charge in [-0.2, -0.15) is 0 Å². The van der Waals surface area contributed by atoms with Crippen molar-refractivity contribution in [2.45, 2.75) is 0 Å². The second-order valence-electron chi connectivity index (χ2n) is 3.55. The minimum absolute atomic E-state index is 0.224. The molecule has 2 rings (SSSR count). The summed E-state index contributed by atoms with van der Waals surface area (Å²) in [5.74, 6) is -0.224. The molecule has 0 radical (unpaired) electrons.